The molecule has 5 aromatic rings. The van der Waals surface area contributed by atoms with E-state index in [4.69, 9.17) is 54.5 Å². The van der Waals surface area contributed by atoms with Crippen LogP contribution in [0.15, 0.2) is 89.7 Å². The first kappa shape index (κ1) is 66.1. The molecule has 2 heterocycles. The van der Waals surface area contributed by atoms with Crippen LogP contribution in [0.3, 0.4) is 0 Å². The number of aliphatic hydroxyl groups excluding tert-OH is 2. The minimum absolute atomic E-state index is 0.0567. The van der Waals surface area contributed by atoms with Crippen LogP contribution in [-0.4, -0.2) is 152 Å². The van der Waals surface area contributed by atoms with Crippen molar-refractivity contribution in [3.05, 3.63) is 128 Å². The van der Waals surface area contributed by atoms with Crippen molar-refractivity contribution in [2.75, 3.05) is 66.8 Å². The van der Waals surface area contributed by atoms with E-state index in [-0.39, 0.29) is 119 Å². The predicted octanol–water partition coefficient (Wildman–Crippen LogP) is 6.49. The molecule has 5 amide bonds. The summed E-state index contributed by atoms with van der Waals surface area (Å²) in [6.07, 6.45) is -4.99. The van der Waals surface area contributed by atoms with Crippen molar-refractivity contribution in [2.24, 2.45) is 5.92 Å². The van der Waals surface area contributed by atoms with Crippen LogP contribution in [0.25, 0.3) is 10.9 Å². The number of ether oxygens (including phenoxy) is 8. The number of alkyl carbamates (subject to hydrolysis) is 2. The Morgan fingerprint density at radius 3 is 2.16 bits per heavy atom. The van der Waals surface area contributed by atoms with Gasteiger partial charge in [-0.1, -0.05) is 80.4 Å². The molecule has 460 valence electrons. The number of fused-ring (bicyclic) bond motifs is 1. The SMILES string of the molecule is CCC(CO)OC(O)COC(=O)NCCC(=O)NC1(C(=O)OC(C)CNC(=O)Oc2c(OC)cc(COC(=O)NCCCN(C(=O)c3ccc(C)cc3)[C@@H](c3nc4cc(Cl)ccc4c(=O)n3Cc3ccccc3)C(C)C)cc2OC)CCOCC1. The Morgan fingerprint density at radius 2 is 1.52 bits per heavy atom. The van der Waals surface area contributed by atoms with Gasteiger partial charge in [-0.2, -0.15) is 0 Å². The lowest BCUT2D eigenvalue weighted by atomic mass is 9.89. The van der Waals surface area contributed by atoms with E-state index >= 15 is 0 Å². The van der Waals surface area contributed by atoms with E-state index < -0.39 is 66.8 Å². The maximum absolute atomic E-state index is 14.7. The number of aromatic nitrogens is 2. The van der Waals surface area contributed by atoms with Crippen LogP contribution in [0.2, 0.25) is 5.02 Å². The van der Waals surface area contributed by atoms with E-state index in [1.165, 1.54) is 33.3 Å². The van der Waals surface area contributed by atoms with Crippen LogP contribution in [0.5, 0.6) is 17.2 Å². The zero-order valence-corrected chi connectivity index (χ0v) is 49.6. The van der Waals surface area contributed by atoms with Crippen molar-refractivity contribution in [2.45, 2.75) is 110 Å². The first-order valence-electron chi connectivity index (χ1n) is 28.0. The van der Waals surface area contributed by atoms with Crippen molar-refractivity contribution in [3.8, 4) is 17.2 Å². The number of nitrogens with one attached hydrogen (secondary N) is 4. The number of aryl methyl sites for hydroxylation is 1. The summed E-state index contributed by atoms with van der Waals surface area (Å²) in [6, 6.07) is 23.9. The number of benzene rings is 4. The molecule has 6 rings (SSSR count). The number of nitrogens with zero attached hydrogens (tertiary/aromatic N) is 3. The number of hydrogen-bond donors (Lipinski definition) is 6. The van der Waals surface area contributed by atoms with Gasteiger partial charge in [0.15, 0.2) is 17.8 Å². The van der Waals surface area contributed by atoms with Gasteiger partial charge in [0.1, 0.15) is 30.7 Å². The van der Waals surface area contributed by atoms with Gasteiger partial charge >= 0.3 is 24.2 Å². The number of esters is 1. The Labute approximate surface area is 497 Å². The Morgan fingerprint density at radius 1 is 0.847 bits per heavy atom. The number of rotatable bonds is 29. The number of methoxy groups -OCH3 is 2. The number of carbonyl (C=O) groups excluding carboxylic acids is 6. The summed E-state index contributed by atoms with van der Waals surface area (Å²) in [4.78, 5) is 101. The van der Waals surface area contributed by atoms with E-state index in [2.05, 4.69) is 21.3 Å². The first-order valence-corrected chi connectivity index (χ1v) is 28.3. The molecule has 1 fully saturated rings. The van der Waals surface area contributed by atoms with Crippen molar-refractivity contribution in [1.29, 1.82) is 0 Å². The summed E-state index contributed by atoms with van der Waals surface area (Å²) >= 11 is 6.42. The molecule has 3 unspecified atom stereocenters. The Kier molecular flexibility index (Phi) is 25.1. The number of carbonyl (C=O) groups is 6. The van der Waals surface area contributed by atoms with Crippen LogP contribution in [0.1, 0.15) is 98.7 Å². The third-order valence-electron chi connectivity index (χ3n) is 13.8. The molecule has 0 bridgehead atoms. The van der Waals surface area contributed by atoms with Gasteiger partial charge in [0.05, 0.1) is 57.0 Å². The van der Waals surface area contributed by atoms with Crippen LogP contribution >= 0.6 is 11.6 Å². The van der Waals surface area contributed by atoms with E-state index in [0.29, 0.717) is 39.3 Å². The van der Waals surface area contributed by atoms with Gasteiger partial charge in [0.25, 0.3) is 11.5 Å². The zero-order chi connectivity index (χ0) is 61.6. The van der Waals surface area contributed by atoms with Gasteiger partial charge < -0.3 is 74.3 Å². The maximum atomic E-state index is 14.7. The minimum Gasteiger partial charge on any atom is -0.493 e. The fourth-order valence-electron chi connectivity index (χ4n) is 9.27. The van der Waals surface area contributed by atoms with Crippen molar-refractivity contribution >= 4 is 58.6 Å². The van der Waals surface area contributed by atoms with E-state index in [1.807, 2.05) is 63.2 Å². The van der Waals surface area contributed by atoms with Crippen LogP contribution in [-0.2, 0) is 46.4 Å². The van der Waals surface area contributed by atoms with Crippen molar-refractivity contribution in [3.63, 3.8) is 0 Å². The highest BCUT2D eigenvalue weighted by atomic mass is 35.5. The second-order valence-corrected chi connectivity index (χ2v) is 21.0. The van der Waals surface area contributed by atoms with Gasteiger partial charge in [0, 0.05) is 62.7 Å². The summed E-state index contributed by atoms with van der Waals surface area (Å²) in [5.74, 6) is -1.49. The lowest BCUT2D eigenvalue weighted by molar-refractivity contribution is -0.165. The van der Waals surface area contributed by atoms with Crippen LogP contribution in [0, 0.1) is 12.8 Å². The number of aliphatic hydroxyl groups is 2. The highest BCUT2D eigenvalue weighted by molar-refractivity contribution is 6.31. The summed E-state index contributed by atoms with van der Waals surface area (Å²) in [6.45, 7) is 8.39. The summed E-state index contributed by atoms with van der Waals surface area (Å²) in [5, 5.41) is 30.3. The van der Waals surface area contributed by atoms with Gasteiger partial charge in [0.2, 0.25) is 11.7 Å². The third-order valence-corrected chi connectivity index (χ3v) is 14.0. The molecular formula is C60H76ClN7O17. The van der Waals surface area contributed by atoms with Crippen LogP contribution < -0.4 is 41.0 Å². The molecule has 25 heteroatoms. The topological polar surface area (TPSA) is 303 Å². The van der Waals surface area contributed by atoms with Crippen LogP contribution in [0.4, 0.5) is 14.4 Å². The fraction of sp³-hybridized carbons (Fsp3) is 0.467. The summed E-state index contributed by atoms with van der Waals surface area (Å²) in [7, 11) is 2.68. The molecule has 1 aromatic heterocycles. The standard InChI is InChI=1S/C60H76ClN7O17/c1-8-44(34-69)84-50(71)36-82-58(76)63-25-21-49(70)66-60(22-27-80-28-23-60)56(74)83-39(5)32-64-59(77)85-52-47(78-6)29-41(30-48(52)79-7)35-81-57(75)62-24-12-26-67(54(72)42-17-15-38(4)16-18-42)51(37(2)3)53-65-46-31-43(61)19-20-45(46)55(73)68(53)33-40-13-10-9-11-14-40/h9-11,13-20,29-31,37,39,44,50-51,69,71H,8,12,21-28,32-36H2,1-7H3,(H,62,75)(H,63,76)(H,64,77)(H,66,70)/t39?,44?,50?,51-/m1/s1. The molecule has 0 saturated carbocycles. The second kappa shape index (κ2) is 32.3. The van der Waals surface area contributed by atoms with Gasteiger partial charge in [-0.05, 0) is 86.2 Å². The molecule has 24 nitrogen and oxygen atoms in total. The van der Waals surface area contributed by atoms with Crippen molar-refractivity contribution in [1.82, 2.24) is 35.7 Å². The predicted molar refractivity (Wildman–Crippen MR) is 311 cm³/mol. The zero-order valence-electron chi connectivity index (χ0n) is 48.8. The number of amides is 5. The lowest BCUT2D eigenvalue weighted by Gasteiger charge is -2.36. The maximum Gasteiger partial charge on any atom is 0.412 e. The molecular weight excluding hydrogens is 1130 g/mol. The van der Waals surface area contributed by atoms with Crippen molar-refractivity contribution < 1.29 is 76.9 Å². The molecule has 4 atom stereocenters. The lowest BCUT2D eigenvalue weighted by Crippen LogP contribution is -2.59. The molecule has 1 aliphatic heterocycles. The Bertz CT molecular complexity index is 3090. The quantitative estimate of drug-likeness (QED) is 0.0129. The number of hydrogen-bond acceptors (Lipinski definition) is 18. The van der Waals surface area contributed by atoms with E-state index in [0.717, 1.165) is 11.1 Å². The molecule has 6 N–H and O–H groups in total. The minimum atomic E-state index is -1.46. The van der Waals surface area contributed by atoms with Gasteiger partial charge in [-0.15, -0.1) is 0 Å². The summed E-state index contributed by atoms with van der Waals surface area (Å²) < 4.78 is 45.0. The average Bonchev–Trinajstić information content (AvgIpc) is 3.33. The molecule has 0 radical (unpaired) electrons. The molecule has 0 aliphatic carbocycles. The van der Waals surface area contributed by atoms with Gasteiger partial charge in [-0.25, -0.2) is 24.2 Å². The fourth-order valence-corrected chi connectivity index (χ4v) is 9.43. The number of halogens is 1. The highest BCUT2D eigenvalue weighted by Crippen LogP contribution is 2.39. The van der Waals surface area contributed by atoms with E-state index in [1.54, 1.807) is 46.7 Å². The molecule has 0 spiro atoms. The molecule has 1 aliphatic rings. The Hall–Kier alpha value is -8.03. The highest BCUT2D eigenvalue weighted by Gasteiger charge is 2.44. The average molecular weight is 1200 g/mol. The molecule has 4 aromatic carbocycles. The van der Waals surface area contributed by atoms with E-state index in [9.17, 15) is 43.8 Å². The molecule has 1 saturated heterocycles. The monoisotopic (exact) mass is 1200 g/mol. The molecule has 85 heavy (non-hydrogen) atoms. The Balaban J connectivity index is 1.03. The summed E-state index contributed by atoms with van der Waals surface area (Å²) in [5.41, 5.74) is 1.34. The van der Waals surface area contributed by atoms with Gasteiger partial charge in [-0.3, -0.25) is 19.0 Å². The second-order valence-electron chi connectivity index (χ2n) is 20.6. The smallest absolute Gasteiger partial charge is 0.412 e. The third kappa shape index (κ3) is 19.0. The largest absolute Gasteiger partial charge is 0.493 e. The first-order chi connectivity index (χ1) is 40.8. The normalized spacial score (nSPS) is 14.2.